The summed E-state index contributed by atoms with van der Waals surface area (Å²) in [5.74, 6) is -0.453. The van der Waals surface area contributed by atoms with E-state index in [0.29, 0.717) is 19.8 Å². The molecule has 1 heterocycles. The second kappa shape index (κ2) is 5.51. The Hall–Kier alpha value is -0.380. The van der Waals surface area contributed by atoms with Crippen LogP contribution in [0.1, 0.15) is 41.5 Å². The Kier molecular flexibility index (Phi) is 4.76. The Balaban J connectivity index is 2.22. The van der Waals surface area contributed by atoms with Crippen LogP contribution in [0.15, 0.2) is 11.6 Å². The molecule has 0 aromatic rings. The van der Waals surface area contributed by atoms with Crippen LogP contribution in [0.3, 0.4) is 0 Å². The Morgan fingerprint density at radius 2 is 2.06 bits per heavy atom. The number of allylic oxidation sites excluding steroid dienone is 1. The summed E-state index contributed by atoms with van der Waals surface area (Å²) in [5.41, 5.74) is 1.57. The highest BCUT2D eigenvalue weighted by molar-refractivity contribution is 5.07. The lowest BCUT2D eigenvalue weighted by molar-refractivity contribution is -0.144. The normalized spacial score (nSPS) is 25.3. The van der Waals surface area contributed by atoms with E-state index in [9.17, 15) is 0 Å². The van der Waals surface area contributed by atoms with Gasteiger partial charge in [-0.05, 0) is 26.2 Å². The van der Waals surface area contributed by atoms with Crippen molar-refractivity contribution in [3.05, 3.63) is 11.6 Å². The molecule has 0 aromatic heterocycles. The summed E-state index contributed by atoms with van der Waals surface area (Å²) in [4.78, 5) is 0. The number of rotatable bonds is 4. The van der Waals surface area contributed by atoms with Crippen molar-refractivity contribution >= 4 is 0 Å². The van der Waals surface area contributed by atoms with Gasteiger partial charge in [0.05, 0.1) is 19.8 Å². The third-order valence-corrected chi connectivity index (χ3v) is 3.06. The van der Waals surface area contributed by atoms with Crippen LogP contribution in [-0.4, -0.2) is 31.7 Å². The molecule has 0 N–H and O–H groups in total. The molecule has 0 amide bonds. The number of ether oxygens (including phenoxy) is 3. The van der Waals surface area contributed by atoms with E-state index in [-0.39, 0.29) is 11.5 Å². The Morgan fingerprint density at radius 1 is 1.41 bits per heavy atom. The minimum absolute atomic E-state index is 0.0633. The molecule has 3 heteroatoms. The molecule has 100 valence electrons. The van der Waals surface area contributed by atoms with Crippen LogP contribution in [0.4, 0.5) is 0 Å². The van der Waals surface area contributed by atoms with E-state index in [0.717, 1.165) is 0 Å². The molecule has 0 spiro atoms. The van der Waals surface area contributed by atoms with Gasteiger partial charge in [0.2, 0.25) is 0 Å². The maximum absolute atomic E-state index is 5.66. The van der Waals surface area contributed by atoms with Gasteiger partial charge in [0.25, 0.3) is 0 Å². The number of hydrogen-bond donors (Lipinski definition) is 0. The van der Waals surface area contributed by atoms with Crippen LogP contribution in [0.25, 0.3) is 0 Å². The summed E-state index contributed by atoms with van der Waals surface area (Å²) in [7, 11) is 0. The molecule has 1 unspecified atom stereocenters. The molecule has 0 saturated carbocycles. The van der Waals surface area contributed by atoms with Gasteiger partial charge in [-0.3, -0.25) is 0 Å². The van der Waals surface area contributed by atoms with Crippen LogP contribution >= 0.6 is 0 Å². The SMILES string of the molecule is C/C(=C\COCC1COC(C)(C)O1)C(C)(C)C. The van der Waals surface area contributed by atoms with Crippen molar-refractivity contribution < 1.29 is 14.2 Å². The van der Waals surface area contributed by atoms with E-state index in [1.165, 1.54) is 5.57 Å². The zero-order valence-electron chi connectivity index (χ0n) is 12.0. The average Bonchev–Trinajstić information content (AvgIpc) is 2.51. The Bertz CT molecular complexity index is 274. The largest absolute Gasteiger partial charge is 0.375 e. The van der Waals surface area contributed by atoms with E-state index >= 15 is 0 Å². The molecule has 0 radical (unpaired) electrons. The van der Waals surface area contributed by atoms with Gasteiger partial charge in [0.15, 0.2) is 5.79 Å². The molecule has 1 rings (SSSR count). The minimum atomic E-state index is -0.453. The lowest BCUT2D eigenvalue weighted by Crippen LogP contribution is -2.24. The van der Waals surface area contributed by atoms with Crippen molar-refractivity contribution in [1.29, 1.82) is 0 Å². The molecule has 0 aromatic carbocycles. The molecule has 0 aliphatic carbocycles. The van der Waals surface area contributed by atoms with Gasteiger partial charge in [0.1, 0.15) is 6.10 Å². The average molecular weight is 242 g/mol. The van der Waals surface area contributed by atoms with Crippen molar-refractivity contribution in [1.82, 2.24) is 0 Å². The number of hydrogen-bond acceptors (Lipinski definition) is 3. The second-order valence-corrected chi connectivity index (χ2v) is 6.13. The van der Waals surface area contributed by atoms with E-state index < -0.39 is 5.79 Å². The highest BCUT2D eigenvalue weighted by Crippen LogP contribution is 2.24. The van der Waals surface area contributed by atoms with Crippen molar-refractivity contribution in [3.63, 3.8) is 0 Å². The molecule has 1 atom stereocenters. The molecular weight excluding hydrogens is 216 g/mol. The first-order valence-electron chi connectivity index (χ1n) is 6.27. The fraction of sp³-hybridized carbons (Fsp3) is 0.857. The minimum Gasteiger partial charge on any atom is -0.375 e. The van der Waals surface area contributed by atoms with Gasteiger partial charge in [-0.15, -0.1) is 0 Å². The third kappa shape index (κ3) is 5.19. The molecule has 1 fully saturated rings. The monoisotopic (exact) mass is 242 g/mol. The Labute approximate surface area is 105 Å². The molecule has 1 aliphatic rings. The summed E-state index contributed by atoms with van der Waals surface area (Å²) in [6, 6.07) is 0. The fourth-order valence-corrected chi connectivity index (χ4v) is 1.53. The first-order chi connectivity index (χ1) is 7.71. The summed E-state index contributed by atoms with van der Waals surface area (Å²) >= 11 is 0. The van der Waals surface area contributed by atoms with Crippen LogP contribution in [0.2, 0.25) is 0 Å². The predicted molar refractivity (Wildman–Crippen MR) is 68.9 cm³/mol. The summed E-state index contributed by atoms with van der Waals surface area (Å²) in [5, 5.41) is 0. The lowest BCUT2D eigenvalue weighted by atomic mass is 9.87. The van der Waals surface area contributed by atoms with Gasteiger partial charge in [-0.1, -0.05) is 32.4 Å². The van der Waals surface area contributed by atoms with Crippen LogP contribution in [0.5, 0.6) is 0 Å². The molecule has 1 aliphatic heterocycles. The zero-order chi connectivity index (χ0) is 13.1. The predicted octanol–water partition coefficient (Wildman–Crippen LogP) is 3.15. The smallest absolute Gasteiger partial charge is 0.163 e. The lowest BCUT2D eigenvalue weighted by Gasteiger charge is -2.19. The van der Waals surface area contributed by atoms with Crippen molar-refractivity contribution in [2.45, 2.75) is 53.4 Å². The topological polar surface area (TPSA) is 27.7 Å². The first-order valence-corrected chi connectivity index (χ1v) is 6.27. The molecule has 3 nitrogen and oxygen atoms in total. The highest BCUT2D eigenvalue weighted by Gasteiger charge is 2.32. The third-order valence-electron chi connectivity index (χ3n) is 3.06. The van der Waals surface area contributed by atoms with Gasteiger partial charge in [-0.2, -0.15) is 0 Å². The van der Waals surface area contributed by atoms with E-state index in [1.807, 2.05) is 13.8 Å². The van der Waals surface area contributed by atoms with E-state index in [2.05, 4.69) is 33.8 Å². The summed E-state index contributed by atoms with van der Waals surface area (Å²) in [6.45, 7) is 14.5. The van der Waals surface area contributed by atoms with Crippen molar-refractivity contribution in [2.75, 3.05) is 19.8 Å². The maximum atomic E-state index is 5.66. The van der Waals surface area contributed by atoms with Gasteiger partial charge in [0, 0.05) is 0 Å². The van der Waals surface area contributed by atoms with Crippen LogP contribution in [0, 0.1) is 5.41 Å². The summed E-state index contributed by atoms with van der Waals surface area (Å²) in [6.07, 6.45) is 2.20. The van der Waals surface area contributed by atoms with E-state index in [1.54, 1.807) is 0 Å². The van der Waals surface area contributed by atoms with Crippen LogP contribution < -0.4 is 0 Å². The Morgan fingerprint density at radius 3 is 2.53 bits per heavy atom. The fourth-order valence-electron chi connectivity index (χ4n) is 1.53. The highest BCUT2D eigenvalue weighted by atomic mass is 16.7. The molecule has 0 bridgehead atoms. The molecule has 17 heavy (non-hydrogen) atoms. The van der Waals surface area contributed by atoms with E-state index in [4.69, 9.17) is 14.2 Å². The molecular formula is C14H26O3. The second-order valence-electron chi connectivity index (χ2n) is 6.13. The zero-order valence-corrected chi connectivity index (χ0v) is 12.0. The maximum Gasteiger partial charge on any atom is 0.163 e. The first kappa shape index (κ1) is 14.7. The van der Waals surface area contributed by atoms with Gasteiger partial charge < -0.3 is 14.2 Å². The standard InChI is InChI=1S/C14H26O3/c1-11(13(2,3)4)7-8-15-9-12-10-16-14(5,6)17-12/h7,12H,8-10H2,1-6H3/b11-7+. The van der Waals surface area contributed by atoms with Crippen molar-refractivity contribution in [3.8, 4) is 0 Å². The van der Waals surface area contributed by atoms with Gasteiger partial charge in [-0.25, -0.2) is 0 Å². The van der Waals surface area contributed by atoms with Gasteiger partial charge >= 0.3 is 0 Å². The quantitative estimate of drug-likeness (QED) is 0.560. The van der Waals surface area contributed by atoms with Crippen molar-refractivity contribution in [2.24, 2.45) is 5.41 Å². The van der Waals surface area contributed by atoms with Crippen LogP contribution in [-0.2, 0) is 14.2 Å². The summed E-state index contributed by atoms with van der Waals surface area (Å²) < 4.78 is 16.7. The molecule has 1 saturated heterocycles.